The summed E-state index contributed by atoms with van der Waals surface area (Å²) in [6.07, 6.45) is 1.63. The van der Waals surface area contributed by atoms with Crippen LogP contribution in [0.15, 0.2) is 70.5 Å². The maximum absolute atomic E-state index is 11.8. The first-order valence-corrected chi connectivity index (χ1v) is 10.6. The van der Waals surface area contributed by atoms with Gasteiger partial charge in [-0.3, -0.25) is 9.69 Å². The average Bonchev–Trinajstić information content (AvgIpc) is 3.33. The smallest absolute Gasteiger partial charge is 0.320 e. The van der Waals surface area contributed by atoms with E-state index in [1.807, 2.05) is 24.3 Å². The molecule has 1 fully saturated rings. The Balaban J connectivity index is 1.72. The van der Waals surface area contributed by atoms with Crippen molar-refractivity contribution in [3.63, 3.8) is 0 Å². The summed E-state index contributed by atoms with van der Waals surface area (Å²) in [6, 6.07) is 22.5. The van der Waals surface area contributed by atoms with Gasteiger partial charge in [0.15, 0.2) is 0 Å². The number of likely N-dealkylation sites (tertiary alicyclic amines) is 1. The second kappa shape index (κ2) is 7.97. The summed E-state index contributed by atoms with van der Waals surface area (Å²) in [5, 5.41) is 9.68. The maximum Gasteiger partial charge on any atom is 0.320 e. The molecular formula is C22H20BrNO2S. The second-order valence-corrected chi connectivity index (χ2v) is 9.26. The predicted molar refractivity (Wildman–Crippen MR) is 113 cm³/mol. The van der Waals surface area contributed by atoms with Crippen LogP contribution in [0.4, 0.5) is 0 Å². The summed E-state index contributed by atoms with van der Waals surface area (Å²) >= 11 is 5.23. The summed E-state index contributed by atoms with van der Waals surface area (Å²) in [4.78, 5) is 15.1. The molecule has 0 spiro atoms. The Kier molecular flexibility index (Phi) is 5.43. The van der Waals surface area contributed by atoms with Crippen molar-refractivity contribution in [1.29, 1.82) is 0 Å². The second-order valence-electron chi connectivity index (χ2n) is 6.77. The van der Waals surface area contributed by atoms with E-state index in [0.29, 0.717) is 6.42 Å². The lowest BCUT2D eigenvalue weighted by molar-refractivity contribution is -0.142. The van der Waals surface area contributed by atoms with Gasteiger partial charge in [0.25, 0.3) is 0 Å². The monoisotopic (exact) mass is 441 g/mol. The minimum atomic E-state index is -0.728. The molecule has 27 heavy (non-hydrogen) atoms. The highest BCUT2D eigenvalue weighted by Gasteiger charge is 2.37. The molecule has 138 valence electrons. The molecule has 5 heteroatoms. The largest absolute Gasteiger partial charge is 0.480 e. The van der Waals surface area contributed by atoms with E-state index in [1.54, 1.807) is 11.3 Å². The van der Waals surface area contributed by atoms with Crippen molar-refractivity contribution in [3.05, 3.63) is 81.0 Å². The topological polar surface area (TPSA) is 40.5 Å². The minimum absolute atomic E-state index is 0.0327. The molecule has 1 aliphatic heterocycles. The van der Waals surface area contributed by atoms with E-state index >= 15 is 0 Å². The molecule has 2 atom stereocenters. The van der Waals surface area contributed by atoms with Crippen LogP contribution < -0.4 is 0 Å². The van der Waals surface area contributed by atoms with E-state index in [2.05, 4.69) is 63.3 Å². The van der Waals surface area contributed by atoms with E-state index in [0.717, 1.165) is 22.3 Å². The summed E-state index contributed by atoms with van der Waals surface area (Å²) in [5.41, 5.74) is 3.49. The Morgan fingerprint density at radius 3 is 2.37 bits per heavy atom. The zero-order valence-electron chi connectivity index (χ0n) is 14.7. The zero-order valence-corrected chi connectivity index (χ0v) is 17.1. The van der Waals surface area contributed by atoms with Gasteiger partial charge >= 0.3 is 5.97 Å². The van der Waals surface area contributed by atoms with Crippen LogP contribution in [0.5, 0.6) is 0 Å². The quantitative estimate of drug-likeness (QED) is 0.542. The van der Waals surface area contributed by atoms with Gasteiger partial charge in [0.1, 0.15) is 6.04 Å². The van der Waals surface area contributed by atoms with Gasteiger partial charge in [-0.1, -0.05) is 54.6 Å². The summed E-state index contributed by atoms with van der Waals surface area (Å²) in [7, 11) is 0. The lowest BCUT2D eigenvalue weighted by Gasteiger charge is -2.31. The summed E-state index contributed by atoms with van der Waals surface area (Å²) in [5.74, 6) is -0.728. The molecule has 1 aromatic heterocycles. The third kappa shape index (κ3) is 3.86. The van der Waals surface area contributed by atoms with Crippen molar-refractivity contribution in [3.8, 4) is 11.1 Å². The number of benzene rings is 2. The number of rotatable bonds is 5. The van der Waals surface area contributed by atoms with Crippen LogP contribution in [0.3, 0.4) is 0 Å². The molecule has 2 heterocycles. The number of hydrogen-bond donors (Lipinski definition) is 1. The summed E-state index contributed by atoms with van der Waals surface area (Å²) < 4.78 is 1.06. The zero-order chi connectivity index (χ0) is 18.8. The lowest BCUT2D eigenvalue weighted by Crippen LogP contribution is -2.38. The molecule has 0 saturated carbocycles. The molecule has 0 aliphatic carbocycles. The summed E-state index contributed by atoms with van der Waals surface area (Å²) in [6.45, 7) is 0.803. The molecule has 2 aromatic carbocycles. The van der Waals surface area contributed by atoms with Crippen LogP contribution >= 0.6 is 27.3 Å². The van der Waals surface area contributed by atoms with Crippen LogP contribution in [0, 0.1) is 0 Å². The third-order valence-electron chi connectivity index (χ3n) is 5.11. The number of carbonyl (C=O) groups is 1. The van der Waals surface area contributed by atoms with Gasteiger partial charge < -0.3 is 5.11 Å². The van der Waals surface area contributed by atoms with Crippen LogP contribution in [-0.2, 0) is 4.79 Å². The molecule has 1 aliphatic rings. The number of thiophene rings is 1. The van der Waals surface area contributed by atoms with E-state index in [4.69, 9.17) is 0 Å². The molecule has 0 amide bonds. The highest BCUT2D eigenvalue weighted by Crippen LogP contribution is 2.39. The van der Waals surface area contributed by atoms with Crippen LogP contribution in [0.1, 0.15) is 29.3 Å². The van der Waals surface area contributed by atoms with Gasteiger partial charge in [0.05, 0.1) is 9.83 Å². The Labute approximate surface area is 171 Å². The first-order chi connectivity index (χ1) is 13.1. The molecule has 0 bridgehead atoms. The van der Waals surface area contributed by atoms with E-state index in [1.165, 1.54) is 16.0 Å². The van der Waals surface area contributed by atoms with Gasteiger partial charge in [-0.2, -0.15) is 0 Å². The first kappa shape index (κ1) is 18.4. The van der Waals surface area contributed by atoms with Crippen molar-refractivity contribution in [2.24, 2.45) is 0 Å². The van der Waals surface area contributed by atoms with Crippen LogP contribution in [0.25, 0.3) is 11.1 Å². The highest BCUT2D eigenvalue weighted by molar-refractivity contribution is 9.11. The van der Waals surface area contributed by atoms with Gasteiger partial charge in [0, 0.05) is 11.4 Å². The third-order valence-corrected chi connectivity index (χ3v) is 6.78. The number of nitrogens with zero attached hydrogens (tertiary/aromatic N) is 1. The Morgan fingerprint density at radius 1 is 1.04 bits per heavy atom. The molecule has 2 unspecified atom stereocenters. The molecular weight excluding hydrogens is 422 g/mol. The van der Waals surface area contributed by atoms with Crippen molar-refractivity contribution in [2.45, 2.75) is 24.9 Å². The fourth-order valence-electron chi connectivity index (χ4n) is 3.85. The minimum Gasteiger partial charge on any atom is -0.480 e. The normalized spacial score (nSPS) is 18.5. The fraction of sp³-hybridized carbons (Fsp3) is 0.227. The first-order valence-electron chi connectivity index (χ1n) is 9.02. The molecule has 0 radical (unpaired) electrons. The lowest BCUT2D eigenvalue weighted by atomic mass is 9.98. The highest BCUT2D eigenvalue weighted by atomic mass is 79.9. The van der Waals surface area contributed by atoms with Gasteiger partial charge in [-0.15, -0.1) is 11.3 Å². The van der Waals surface area contributed by atoms with Crippen LogP contribution in [0.2, 0.25) is 0 Å². The van der Waals surface area contributed by atoms with E-state index in [-0.39, 0.29) is 6.04 Å². The van der Waals surface area contributed by atoms with Crippen molar-refractivity contribution < 1.29 is 9.90 Å². The number of halogens is 1. The van der Waals surface area contributed by atoms with E-state index < -0.39 is 12.0 Å². The van der Waals surface area contributed by atoms with Crippen molar-refractivity contribution in [1.82, 2.24) is 4.90 Å². The average molecular weight is 442 g/mol. The van der Waals surface area contributed by atoms with E-state index in [9.17, 15) is 9.90 Å². The Hall–Kier alpha value is -1.95. The van der Waals surface area contributed by atoms with Crippen molar-refractivity contribution in [2.75, 3.05) is 6.54 Å². The number of carboxylic acids is 1. The molecule has 3 nitrogen and oxygen atoms in total. The SMILES string of the molecule is O=C(O)C1CCCN1C(c1ccc(-c2ccccc2)cc1)c1ccc(Br)s1. The number of hydrogen-bond acceptors (Lipinski definition) is 3. The fourth-order valence-corrected chi connectivity index (χ4v) is 5.42. The molecule has 4 rings (SSSR count). The van der Waals surface area contributed by atoms with Crippen molar-refractivity contribution >= 4 is 33.2 Å². The van der Waals surface area contributed by atoms with Gasteiger partial charge in [-0.25, -0.2) is 0 Å². The predicted octanol–water partition coefficient (Wildman–Crippen LogP) is 5.82. The standard InChI is InChI=1S/C22H20BrNO2S/c23-20-13-12-19(27-20)21(24-14-4-7-18(24)22(25)26)17-10-8-16(9-11-17)15-5-2-1-3-6-15/h1-3,5-6,8-13,18,21H,4,7,14H2,(H,25,26). The maximum atomic E-state index is 11.8. The molecule has 1 saturated heterocycles. The molecule has 3 aromatic rings. The Bertz CT molecular complexity index is 923. The molecule has 1 N–H and O–H groups in total. The number of carboxylic acid groups (broad SMARTS) is 1. The van der Waals surface area contributed by atoms with Crippen LogP contribution in [-0.4, -0.2) is 28.6 Å². The van der Waals surface area contributed by atoms with Gasteiger partial charge in [-0.05, 0) is 57.6 Å². The number of aliphatic carboxylic acids is 1. The Morgan fingerprint density at radius 2 is 1.74 bits per heavy atom. The van der Waals surface area contributed by atoms with Gasteiger partial charge in [0.2, 0.25) is 0 Å².